The molecule has 0 spiro atoms. The molecule has 16 heavy (non-hydrogen) atoms. The fraction of sp³-hybridized carbons (Fsp3) is 0.0769. The summed E-state index contributed by atoms with van der Waals surface area (Å²) in [7, 11) is 0. The lowest BCUT2D eigenvalue weighted by Gasteiger charge is -1.97. The average Bonchev–Trinajstić information content (AvgIpc) is 2.73. The van der Waals surface area contributed by atoms with E-state index in [1.807, 2.05) is 31.3 Å². The van der Waals surface area contributed by atoms with Crippen LogP contribution in [0.5, 0.6) is 0 Å². The van der Waals surface area contributed by atoms with Crippen molar-refractivity contribution in [3.63, 3.8) is 0 Å². The Morgan fingerprint density at radius 2 is 1.94 bits per heavy atom. The lowest BCUT2D eigenvalue weighted by Crippen LogP contribution is -1.80. The molecule has 78 valence electrons. The zero-order valence-electron chi connectivity index (χ0n) is 8.94. The van der Waals surface area contributed by atoms with Crippen molar-refractivity contribution in [2.24, 2.45) is 0 Å². The number of hydrogen-bond donors (Lipinski definition) is 1. The zero-order chi connectivity index (χ0) is 11.0. The monoisotopic (exact) mass is 209 g/mol. The van der Waals surface area contributed by atoms with E-state index in [4.69, 9.17) is 0 Å². The fourth-order valence-electron chi connectivity index (χ4n) is 1.84. The number of benzene rings is 1. The Kier molecular flexibility index (Phi) is 1.96. The molecule has 0 aliphatic heterocycles. The van der Waals surface area contributed by atoms with Crippen molar-refractivity contribution in [1.82, 2.24) is 15.2 Å². The normalized spacial score (nSPS) is 10.8. The Bertz CT molecular complexity index is 626. The number of nitrogens with zero attached hydrogens (tertiary/aromatic N) is 2. The second-order valence-corrected chi connectivity index (χ2v) is 3.81. The SMILES string of the molecule is Cc1cc2c(-c3ccccc3)n[nH]c2cn1. The van der Waals surface area contributed by atoms with Crippen molar-refractivity contribution in [3.8, 4) is 11.3 Å². The van der Waals surface area contributed by atoms with E-state index in [2.05, 4.69) is 33.4 Å². The van der Waals surface area contributed by atoms with Gasteiger partial charge >= 0.3 is 0 Å². The van der Waals surface area contributed by atoms with Crippen LogP contribution in [0.2, 0.25) is 0 Å². The molecule has 0 amide bonds. The Morgan fingerprint density at radius 1 is 1.12 bits per heavy atom. The molecule has 3 aromatic rings. The van der Waals surface area contributed by atoms with E-state index in [-0.39, 0.29) is 0 Å². The molecule has 1 N–H and O–H groups in total. The molecule has 0 fully saturated rings. The molecular weight excluding hydrogens is 198 g/mol. The predicted octanol–water partition coefficient (Wildman–Crippen LogP) is 2.93. The second kappa shape index (κ2) is 3.45. The highest BCUT2D eigenvalue weighted by molar-refractivity contribution is 5.92. The number of aromatic nitrogens is 3. The first kappa shape index (κ1) is 9.09. The molecule has 0 aliphatic rings. The van der Waals surface area contributed by atoms with Crippen molar-refractivity contribution >= 4 is 10.9 Å². The van der Waals surface area contributed by atoms with Gasteiger partial charge < -0.3 is 0 Å². The summed E-state index contributed by atoms with van der Waals surface area (Å²) < 4.78 is 0. The lowest BCUT2D eigenvalue weighted by atomic mass is 10.1. The highest BCUT2D eigenvalue weighted by Crippen LogP contribution is 2.25. The smallest absolute Gasteiger partial charge is 0.100 e. The van der Waals surface area contributed by atoms with Gasteiger partial charge in [-0.15, -0.1) is 0 Å². The van der Waals surface area contributed by atoms with E-state index in [1.54, 1.807) is 0 Å². The number of H-pyrrole nitrogens is 1. The van der Waals surface area contributed by atoms with Gasteiger partial charge in [0, 0.05) is 16.6 Å². The Hall–Kier alpha value is -2.16. The van der Waals surface area contributed by atoms with Gasteiger partial charge in [-0.2, -0.15) is 5.10 Å². The third-order valence-corrected chi connectivity index (χ3v) is 2.63. The minimum absolute atomic E-state index is 0.976. The molecule has 0 aliphatic carbocycles. The zero-order valence-corrected chi connectivity index (χ0v) is 8.94. The topological polar surface area (TPSA) is 41.6 Å². The summed E-state index contributed by atoms with van der Waals surface area (Å²) in [5, 5.41) is 8.47. The van der Waals surface area contributed by atoms with Gasteiger partial charge in [0.25, 0.3) is 0 Å². The molecular formula is C13H11N3. The molecule has 0 atom stereocenters. The van der Waals surface area contributed by atoms with Crippen molar-refractivity contribution < 1.29 is 0 Å². The van der Waals surface area contributed by atoms with Gasteiger partial charge in [0.2, 0.25) is 0 Å². The van der Waals surface area contributed by atoms with Gasteiger partial charge in [-0.1, -0.05) is 30.3 Å². The van der Waals surface area contributed by atoms with Crippen LogP contribution in [0.1, 0.15) is 5.69 Å². The van der Waals surface area contributed by atoms with Crippen LogP contribution in [0, 0.1) is 6.92 Å². The van der Waals surface area contributed by atoms with E-state index >= 15 is 0 Å². The quantitative estimate of drug-likeness (QED) is 0.669. The molecule has 2 heterocycles. The lowest BCUT2D eigenvalue weighted by molar-refractivity contribution is 1.11. The van der Waals surface area contributed by atoms with Gasteiger partial charge in [0.1, 0.15) is 5.69 Å². The summed E-state index contributed by atoms with van der Waals surface area (Å²) in [6.07, 6.45) is 1.82. The molecule has 1 aromatic carbocycles. The largest absolute Gasteiger partial charge is 0.276 e. The number of aromatic amines is 1. The van der Waals surface area contributed by atoms with Crippen molar-refractivity contribution in [2.45, 2.75) is 6.92 Å². The molecule has 3 heteroatoms. The molecule has 2 aromatic heterocycles. The van der Waals surface area contributed by atoms with Gasteiger partial charge in [-0.05, 0) is 13.0 Å². The van der Waals surface area contributed by atoms with Crippen LogP contribution in [0.15, 0.2) is 42.6 Å². The van der Waals surface area contributed by atoms with Gasteiger partial charge in [-0.3, -0.25) is 10.1 Å². The van der Waals surface area contributed by atoms with Gasteiger partial charge in [0.05, 0.1) is 11.7 Å². The van der Waals surface area contributed by atoms with Crippen molar-refractivity contribution in [3.05, 3.63) is 48.3 Å². The molecule has 3 nitrogen and oxygen atoms in total. The fourth-order valence-corrected chi connectivity index (χ4v) is 1.84. The first-order valence-corrected chi connectivity index (χ1v) is 5.21. The molecule has 0 unspecified atom stereocenters. The first-order valence-electron chi connectivity index (χ1n) is 5.21. The summed E-state index contributed by atoms with van der Waals surface area (Å²) in [5.41, 5.74) is 4.09. The number of aryl methyl sites for hydroxylation is 1. The standard InChI is InChI=1S/C13H11N3/c1-9-7-11-12(8-14-9)15-16-13(11)10-5-3-2-4-6-10/h2-8H,1H3,(H,15,16). The minimum atomic E-state index is 0.976. The van der Waals surface area contributed by atoms with Crippen LogP contribution in [0.4, 0.5) is 0 Å². The Balaban J connectivity index is 2.29. The highest BCUT2D eigenvalue weighted by atomic mass is 15.1. The number of nitrogens with one attached hydrogen (secondary N) is 1. The highest BCUT2D eigenvalue weighted by Gasteiger charge is 2.07. The van der Waals surface area contributed by atoms with E-state index in [0.29, 0.717) is 0 Å². The van der Waals surface area contributed by atoms with Crippen LogP contribution in [0.25, 0.3) is 22.2 Å². The van der Waals surface area contributed by atoms with Crippen LogP contribution in [0.3, 0.4) is 0 Å². The van der Waals surface area contributed by atoms with Crippen molar-refractivity contribution in [2.75, 3.05) is 0 Å². The first-order chi connectivity index (χ1) is 7.84. The van der Waals surface area contributed by atoms with Crippen LogP contribution >= 0.6 is 0 Å². The third kappa shape index (κ3) is 1.37. The summed E-state index contributed by atoms with van der Waals surface area (Å²) in [4.78, 5) is 4.24. The summed E-state index contributed by atoms with van der Waals surface area (Å²) >= 11 is 0. The molecule has 0 saturated heterocycles. The maximum absolute atomic E-state index is 4.34. The van der Waals surface area contributed by atoms with E-state index in [0.717, 1.165) is 27.9 Å². The van der Waals surface area contributed by atoms with Gasteiger partial charge in [0.15, 0.2) is 0 Å². The maximum atomic E-state index is 4.34. The number of hydrogen-bond acceptors (Lipinski definition) is 2. The molecule has 0 radical (unpaired) electrons. The second-order valence-electron chi connectivity index (χ2n) is 3.81. The number of rotatable bonds is 1. The molecule has 3 rings (SSSR count). The van der Waals surface area contributed by atoms with Crippen LogP contribution in [-0.4, -0.2) is 15.2 Å². The number of pyridine rings is 1. The maximum Gasteiger partial charge on any atom is 0.100 e. The predicted molar refractivity (Wildman–Crippen MR) is 64.1 cm³/mol. The Morgan fingerprint density at radius 3 is 2.75 bits per heavy atom. The molecule has 0 saturated carbocycles. The summed E-state index contributed by atoms with van der Waals surface area (Å²) in [5.74, 6) is 0. The number of fused-ring (bicyclic) bond motifs is 1. The third-order valence-electron chi connectivity index (χ3n) is 2.63. The van der Waals surface area contributed by atoms with E-state index in [9.17, 15) is 0 Å². The van der Waals surface area contributed by atoms with Crippen molar-refractivity contribution in [1.29, 1.82) is 0 Å². The van der Waals surface area contributed by atoms with E-state index < -0.39 is 0 Å². The average molecular weight is 209 g/mol. The van der Waals surface area contributed by atoms with Crippen LogP contribution in [-0.2, 0) is 0 Å². The summed E-state index contributed by atoms with van der Waals surface area (Å²) in [6, 6.07) is 12.2. The van der Waals surface area contributed by atoms with E-state index in [1.165, 1.54) is 0 Å². The minimum Gasteiger partial charge on any atom is -0.276 e. The van der Waals surface area contributed by atoms with Gasteiger partial charge in [-0.25, -0.2) is 0 Å². The molecule has 0 bridgehead atoms. The van der Waals surface area contributed by atoms with Crippen LogP contribution < -0.4 is 0 Å². The summed E-state index contributed by atoms with van der Waals surface area (Å²) in [6.45, 7) is 1.99. The Labute approximate surface area is 93.2 Å².